The van der Waals surface area contributed by atoms with Crippen molar-refractivity contribution in [3.63, 3.8) is 0 Å². The summed E-state index contributed by atoms with van der Waals surface area (Å²) in [6, 6.07) is 5.92. The van der Waals surface area contributed by atoms with Crippen LogP contribution in [0, 0.1) is 33.3 Å². The Hall–Kier alpha value is -1.82. The summed E-state index contributed by atoms with van der Waals surface area (Å²) in [6.45, 7) is 6.28. The van der Waals surface area contributed by atoms with Crippen LogP contribution < -0.4 is 10.2 Å². The van der Waals surface area contributed by atoms with Gasteiger partial charge in [0.15, 0.2) is 0 Å². The Morgan fingerprint density at radius 1 is 1.07 bits per heavy atom. The summed E-state index contributed by atoms with van der Waals surface area (Å²) < 4.78 is 0. The van der Waals surface area contributed by atoms with Crippen molar-refractivity contribution >= 4 is 17.1 Å². The number of nitro groups is 1. The quantitative estimate of drug-likeness (QED) is 0.590. The van der Waals surface area contributed by atoms with Crippen molar-refractivity contribution in [2.24, 2.45) is 23.2 Å². The molecule has 29 heavy (non-hydrogen) atoms. The Morgan fingerprint density at radius 3 is 2.21 bits per heavy atom. The minimum Gasteiger partial charge on any atom is -0.376 e. The number of rotatable bonds is 5. The molecular weight excluding hydrogens is 364 g/mol. The zero-order chi connectivity index (χ0) is 20.2. The molecule has 1 saturated heterocycles. The molecule has 0 spiro atoms. The van der Waals surface area contributed by atoms with Gasteiger partial charge in [-0.05, 0) is 87.8 Å². The smallest absolute Gasteiger partial charge is 0.292 e. The molecule has 4 aliphatic carbocycles. The lowest BCUT2D eigenvalue weighted by atomic mass is 9.48. The molecule has 1 aliphatic heterocycles. The van der Waals surface area contributed by atoms with E-state index in [1.165, 1.54) is 38.5 Å². The van der Waals surface area contributed by atoms with E-state index in [1.807, 2.05) is 12.1 Å². The summed E-state index contributed by atoms with van der Waals surface area (Å²) in [5.74, 6) is 2.66. The van der Waals surface area contributed by atoms with Gasteiger partial charge < -0.3 is 15.1 Å². The standard InChI is InChI=1S/C23H34N4O2/c1-16(23-13-17-9-18(14-23)11-19(10-17)15-23)24-21-12-20(3-4-22(21)27(28)29)26-7-5-25(2)6-8-26/h3-4,12,16-19,24H,5-11,13-15H2,1-2H3/t16-,17?,18?,19?,23?/m0/s1. The van der Waals surface area contributed by atoms with Crippen molar-refractivity contribution in [1.29, 1.82) is 0 Å². The number of nitro benzene ring substituents is 1. The Bertz CT molecular complexity index is 752. The first-order valence-corrected chi connectivity index (χ1v) is 11.4. The molecule has 0 aromatic heterocycles. The number of nitrogens with one attached hydrogen (secondary N) is 1. The second kappa shape index (κ2) is 7.15. The Kier molecular flexibility index (Phi) is 4.72. The minimum absolute atomic E-state index is 0.208. The molecule has 4 saturated carbocycles. The maximum absolute atomic E-state index is 11.7. The van der Waals surface area contributed by atoms with E-state index in [1.54, 1.807) is 6.07 Å². The molecule has 6 heteroatoms. The number of likely N-dealkylation sites (N-methyl/N-ethyl adjacent to an activating group) is 1. The fraction of sp³-hybridized carbons (Fsp3) is 0.739. The van der Waals surface area contributed by atoms with E-state index in [9.17, 15) is 10.1 Å². The molecule has 158 valence electrons. The maximum atomic E-state index is 11.7. The predicted molar refractivity (Wildman–Crippen MR) is 116 cm³/mol. The van der Waals surface area contributed by atoms with Crippen LogP contribution in [0.2, 0.25) is 0 Å². The van der Waals surface area contributed by atoms with E-state index in [2.05, 4.69) is 29.1 Å². The first-order valence-electron chi connectivity index (χ1n) is 11.4. The van der Waals surface area contributed by atoms with Gasteiger partial charge >= 0.3 is 0 Å². The van der Waals surface area contributed by atoms with Gasteiger partial charge in [-0.3, -0.25) is 10.1 Å². The van der Waals surface area contributed by atoms with Gasteiger partial charge in [0.1, 0.15) is 5.69 Å². The van der Waals surface area contributed by atoms with Crippen LogP contribution >= 0.6 is 0 Å². The molecule has 0 amide bonds. The van der Waals surface area contributed by atoms with Crippen molar-refractivity contribution in [1.82, 2.24) is 4.90 Å². The molecule has 1 atom stereocenters. The van der Waals surface area contributed by atoms with Crippen LogP contribution in [0.15, 0.2) is 18.2 Å². The van der Waals surface area contributed by atoms with E-state index in [4.69, 9.17) is 0 Å². The molecule has 5 fully saturated rings. The topological polar surface area (TPSA) is 61.6 Å². The van der Waals surface area contributed by atoms with Gasteiger partial charge in [-0.25, -0.2) is 0 Å². The van der Waals surface area contributed by atoms with Gasteiger partial charge in [-0.2, -0.15) is 0 Å². The van der Waals surface area contributed by atoms with E-state index in [0.717, 1.165) is 49.6 Å². The third-order valence-electron chi connectivity index (χ3n) is 8.42. The molecule has 1 heterocycles. The first kappa shape index (κ1) is 19.2. The number of hydrogen-bond donors (Lipinski definition) is 1. The normalized spacial score (nSPS) is 35.0. The second-order valence-corrected chi connectivity index (χ2v) is 10.4. The van der Waals surface area contributed by atoms with Gasteiger partial charge in [0.05, 0.1) is 4.92 Å². The fourth-order valence-electron chi connectivity index (χ4n) is 7.15. The van der Waals surface area contributed by atoms with Crippen LogP contribution in [-0.4, -0.2) is 49.1 Å². The van der Waals surface area contributed by atoms with E-state index in [0.29, 0.717) is 11.1 Å². The van der Waals surface area contributed by atoms with Crippen molar-refractivity contribution in [3.8, 4) is 0 Å². The van der Waals surface area contributed by atoms with E-state index >= 15 is 0 Å². The summed E-state index contributed by atoms with van der Waals surface area (Å²) in [7, 11) is 2.15. The zero-order valence-corrected chi connectivity index (χ0v) is 17.8. The monoisotopic (exact) mass is 398 g/mol. The molecule has 1 aromatic carbocycles. The van der Waals surface area contributed by atoms with Crippen LogP contribution in [0.5, 0.6) is 0 Å². The van der Waals surface area contributed by atoms with Crippen molar-refractivity contribution in [2.75, 3.05) is 43.4 Å². The predicted octanol–water partition coefficient (Wildman–Crippen LogP) is 4.36. The highest BCUT2D eigenvalue weighted by Crippen LogP contribution is 2.61. The number of anilines is 2. The van der Waals surface area contributed by atoms with Crippen LogP contribution in [0.1, 0.15) is 45.4 Å². The summed E-state index contributed by atoms with van der Waals surface area (Å²) in [6.07, 6.45) is 8.18. The number of benzene rings is 1. The van der Waals surface area contributed by atoms with Gasteiger partial charge in [-0.1, -0.05) is 0 Å². The summed E-state index contributed by atoms with van der Waals surface area (Å²) in [5.41, 5.74) is 2.34. The largest absolute Gasteiger partial charge is 0.376 e. The van der Waals surface area contributed by atoms with Crippen molar-refractivity contribution in [3.05, 3.63) is 28.3 Å². The average Bonchev–Trinajstić information content (AvgIpc) is 2.67. The van der Waals surface area contributed by atoms with Gasteiger partial charge in [0, 0.05) is 44.0 Å². The molecular formula is C23H34N4O2. The van der Waals surface area contributed by atoms with Gasteiger partial charge in [-0.15, -0.1) is 0 Å². The van der Waals surface area contributed by atoms with Gasteiger partial charge in [0.2, 0.25) is 0 Å². The fourth-order valence-corrected chi connectivity index (χ4v) is 7.15. The highest BCUT2D eigenvalue weighted by molar-refractivity contribution is 5.69. The lowest BCUT2D eigenvalue weighted by Crippen LogP contribution is -2.52. The summed E-state index contributed by atoms with van der Waals surface area (Å²) >= 11 is 0. The highest BCUT2D eigenvalue weighted by Gasteiger charge is 2.53. The third-order valence-corrected chi connectivity index (χ3v) is 8.42. The molecule has 1 aromatic rings. The van der Waals surface area contributed by atoms with Crippen LogP contribution in [0.4, 0.5) is 17.1 Å². The molecule has 1 N–H and O–H groups in total. The molecule has 0 unspecified atom stereocenters. The SMILES string of the molecule is C[C@H](Nc1cc(N2CCN(C)CC2)ccc1[N+](=O)[O-])C12CC3CC(CC(C3)C1)C2. The maximum Gasteiger partial charge on any atom is 0.292 e. The first-order chi connectivity index (χ1) is 13.9. The van der Waals surface area contributed by atoms with Crippen LogP contribution in [0.25, 0.3) is 0 Å². The van der Waals surface area contributed by atoms with E-state index < -0.39 is 0 Å². The average molecular weight is 399 g/mol. The summed E-state index contributed by atoms with van der Waals surface area (Å²) in [5, 5.41) is 15.4. The lowest BCUT2D eigenvalue weighted by molar-refractivity contribution is -0.384. The van der Waals surface area contributed by atoms with Gasteiger partial charge in [0.25, 0.3) is 5.69 Å². The second-order valence-electron chi connectivity index (χ2n) is 10.4. The zero-order valence-electron chi connectivity index (χ0n) is 17.8. The Morgan fingerprint density at radius 2 is 1.66 bits per heavy atom. The number of piperazine rings is 1. The lowest BCUT2D eigenvalue weighted by Gasteiger charge is -2.59. The van der Waals surface area contributed by atoms with E-state index in [-0.39, 0.29) is 16.7 Å². The molecule has 4 bridgehead atoms. The molecule has 5 aliphatic rings. The third kappa shape index (κ3) is 3.49. The number of hydrogen-bond acceptors (Lipinski definition) is 5. The van der Waals surface area contributed by atoms with Crippen LogP contribution in [-0.2, 0) is 0 Å². The summed E-state index contributed by atoms with van der Waals surface area (Å²) in [4.78, 5) is 16.2. The molecule has 6 rings (SSSR count). The van der Waals surface area contributed by atoms with Crippen molar-refractivity contribution in [2.45, 2.75) is 51.5 Å². The van der Waals surface area contributed by atoms with Crippen LogP contribution in [0.3, 0.4) is 0 Å². The molecule has 0 radical (unpaired) electrons. The molecule has 6 nitrogen and oxygen atoms in total. The Labute approximate surface area is 173 Å². The number of nitrogens with zero attached hydrogens (tertiary/aromatic N) is 3. The highest BCUT2D eigenvalue weighted by atomic mass is 16.6. The Balaban J connectivity index is 1.39. The van der Waals surface area contributed by atoms with Crippen molar-refractivity contribution < 1.29 is 4.92 Å². The minimum atomic E-state index is -0.234.